The number of fused-ring (bicyclic) bond motifs is 1. The van der Waals surface area contributed by atoms with E-state index in [1.165, 1.54) is 29.7 Å². The molecule has 16 heavy (non-hydrogen) atoms. The van der Waals surface area contributed by atoms with Gasteiger partial charge >= 0.3 is 0 Å². The van der Waals surface area contributed by atoms with Gasteiger partial charge in [0.1, 0.15) is 0 Å². The van der Waals surface area contributed by atoms with Crippen molar-refractivity contribution in [1.29, 1.82) is 0 Å². The van der Waals surface area contributed by atoms with Crippen LogP contribution in [0.2, 0.25) is 0 Å². The molecule has 0 saturated heterocycles. The Morgan fingerprint density at radius 2 is 2.06 bits per heavy atom. The number of benzene rings is 1. The van der Waals surface area contributed by atoms with Gasteiger partial charge in [-0.25, -0.2) is 0 Å². The van der Waals surface area contributed by atoms with E-state index in [0.29, 0.717) is 5.92 Å². The van der Waals surface area contributed by atoms with Gasteiger partial charge in [-0.3, -0.25) is 0 Å². The number of rotatable bonds is 4. The van der Waals surface area contributed by atoms with Gasteiger partial charge in [-0.05, 0) is 56.3 Å². The van der Waals surface area contributed by atoms with E-state index < -0.39 is 0 Å². The predicted octanol–water partition coefficient (Wildman–Crippen LogP) is 2.52. The third-order valence-electron chi connectivity index (χ3n) is 3.73. The van der Waals surface area contributed by atoms with E-state index in [1.807, 2.05) is 0 Å². The molecule has 0 spiro atoms. The molecule has 1 atom stereocenters. The van der Waals surface area contributed by atoms with E-state index in [2.05, 4.69) is 36.9 Å². The molecule has 0 amide bonds. The molecule has 1 aliphatic carbocycles. The summed E-state index contributed by atoms with van der Waals surface area (Å²) in [5.74, 6) is 0.576. The molecule has 2 rings (SSSR count). The van der Waals surface area contributed by atoms with Crippen molar-refractivity contribution in [2.75, 3.05) is 24.5 Å². The van der Waals surface area contributed by atoms with Crippen LogP contribution in [0.5, 0.6) is 0 Å². The van der Waals surface area contributed by atoms with E-state index >= 15 is 0 Å². The summed E-state index contributed by atoms with van der Waals surface area (Å²) >= 11 is 0. The lowest BCUT2D eigenvalue weighted by Gasteiger charge is -2.26. The second-order valence-electron chi connectivity index (χ2n) is 4.49. The van der Waals surface area contributed by atoms with Crippen molar-refractivity contribution in [2.24, 2.45) is 5.73 Å². The topological polar surface area (TPSA) is 29.3 Å². The quantitative estimate of drug-likeness (QED) is 0.841. The van der Waals surface area contributed by atoms with Crippen LogP contribution in [0.4, 0.5) is 5.69 Å². The van der Waals surface area contributed by atoms with Crippen LogP contribution >= 0.6 is 0 Å². The van der Waals surface area contributed by atoms with Crippen molar-refractivity contribution in [3.8, 4) is 0 Å². The summed E-state index contributed by atoms with van der Waals surface area (Å²) in [6.45, 7) is 7.37. The van der Waals surface area contributed by atoms with Crippen LogP contribution in [0.25, 0.3) is 0 Å². The van der Waals surface area contributed by atoms with E-state index in [4.69, 9.17) is 5.73 Å². The van der Waals surface area contributed by atoms with Gasteiger partial charge in [-0.2, -0.15) is 0 Å². The van der Waals surface area contributed by atoms with Gasteiger partial charge in [-0.15, -0.1) is 0 Å². The number of aryl methyl sites for hydroxylation is 1. The fourth-order valence-electron chi connectivity index (χ4n) is 2.84. The molecular weight excluding hydrogens is 196 g/mol. The fraction of sp³-hybridized carbons (Fsp3) is 0.571. The van der Waals surface area contributed by atoms with Crippen molar-refractivity contribution in [3.05, 3.63) is 29.3 Å². The highest BCUT2D eigenvalue weighted by Crippen LogP contribution is 2.39. The Bertz CT molecular complexity index is 356. The highest BCUT2D eigenvalue weighted by Gasteiger charge is 2.25. The van der Waals surface area contributed by atoms with Crippen molar-refractivity contribution < 1.29 is 0 Å². The number of nitrogens with two attached hydrogens (primary N) is 1. The maximum atomic E-state index is 5.88. The molecule has 0 heterocycles. The summed E-state index contributed by atoms with van der Waals surface area (Å²) in [5, 5.41) is 0. The smallest absolute Gasteiger partial charge is 0.0404 e. The van der Waals surface area contributed by atoms with E-state index in [1.54, 1.807) is 0 Å². The van der Waals surface area contributed by atoms with Gasteiger partial charge in [0, 0.05) is 18.8 Å². The second-order valence-corrected chi connectivity index (χ2v) is 4.49. The summed E-state index contributed by atoms with van der Waals surface area (Å²) in [7, 11) is 0. The lowest BCUT2D eigenvalue weighted by Crippen LogP contribution is -2.24. The molecule has 88 valence electrons. The van der Waals surface area contributed by atoms with Gasteiger partial charge in [0.15, 0.2) is 0 Å². The molecular formula is C14H22N2. The maximum Gasteiger partial charge on any atom is 0.0404 e. The Kier molecular flexibility index (Phi) is 3.49. The van der Waals surface area contributed by atoms with Crippen LogP contribution in [0.1, 0.15) is 37.3 Å². The SMILES string of the molecule is CCN(CC)c1cccc2c1C(CN)CC2. The summed E-state index contributed by atoms with van der Waals surface area (Å²) in [5.41, 5.74) is 10.3. The highest BCUT2D eigenvalue weighted by molar-refractivity contribution is 5.60. The molecule has 0 saturated carbocycles. The number of nitrogens with zero attached hydrogens (tertiary/aromatic N) is 1. The van der Waals surface area contributed by atoms with Gasteiger partial charge in [0.2, 0.25) is 0 Å². The Balaban J connectivity index is 2.43. The summed E-state index contributed by atoms with van der Waals surface area (Å²) in [6, 6.07) is 6.70. The largest absolute Gasteiger partial charge is 0.372 e. The molecule has 2 N–H and O–H groups in total. The minimum absolute atomic E-state index is 0.576. The van der Waals surface area contributed by atoms with Crippen LogP contribution in [0, 0.1) is 0 Å². The zero-order valence-electron chi connectivity index (χ0n) is 10.4. The maximum absolute atomic E-state index is 5.88. The van der Waals surface area contributed by atoms with E-state index in [0.717, 1.165) is 19.6 Å². The van der Waals surface area contributed by atoms with Gasteiger partial charge < -0.3 is 10.6 Å². The molecule has 1 aliphatic rings. The van der Waals surface area contributed by atoms with Crippen LogP contribution in [0.15, 0.2) is 18.2 Å². The van der Waals surface area contributed by atoms with Crippen molar-refractivity contribution >= 4 is 5.69 Å². The highest BCUT2D eigenvalue weighted by atomic mass is 15.1. The summed E-state index contributed by atoms with van der Waals surface area (Å²) in [6.07, 6.45) is 2.43. The van der Waals surface area contributed by atoms with Gasteiger partial charge in [-0.1, -0.05) is 12.1 Å². The van der Waals surface area contributed by atoms with E-state index in [9.17, 15) is 0 Å². The Hall–Kier alpha value is -1.02. The van der Waals surface area contributed by atoms with Crippen molar-refractivity contribution in [2.45, 2.75) is 32.6 Å². The van der Waals surface area contributed by atoms with Gasteiger partial charge in [0.05, 0.1) is 0 Å². The normalized spacial score (nSPS) is 18.6. The first-order valence-electron chi connectivity index (χ1n) is 6.38. The van der Waals surface area contributed by atoms with Crippen LogP contribution in [-0.4, -0.2) is 19.6 Å². The molecule has 1 aromatic rings. The second kappa shape index (κ2) is 4.88. The van der Waals surface area contributed by atoms with E-state index in [-0.39, 0.29) is 0 Å². The average molecular weight is 218 g/mol. The summed E-state index contributed by atoms with van der Waals surface area (Å²) < 4.78 is 0. The third-order valence-corrected chi connectivity index (χ3v) is 3.73. The zero-order chi connectivity index (χ0) is 11.5. The molecule has 0 radical (unpaired) electrons. The molecule has 0 aliphatic heterocycles. The molecule has 1 unspecified atom stereocenters. The molecule has 0 aromatic heterocycles. The number of anilines is 1. The monoisotopic (exact) mass is 218 g/mol. The number of hydrogen-bond acceptors (Lipinski definition) is 2. The predicted molar refractivity (Wildman–Crippen MR) is 70.1 cm³/mol. The fourth-order valence-corrected chi connectivity index (χ4v) is 2.84. The zero-order valence-corrected chi connectivity index (χ0v) is 10.4. The molecule has 0 bridgehead atoms. The minimum atomic E-state index is 0.576. The van der Waals surface area contributed by atoms with Crippen molar-refractivity contribution in [3.63, 3.8) is 0 Å². The molecule has 1 aromatic carbocycles. The standard InChI is InChI=1S/C14H22N2/c1-3-16(4-2)13-7-5-6-11-8-9-12(10-15)14(11)13/h5-7,12H,3-4,8-10,15H2,1-2H3. The lowest BCUT2D eigenvalue weighted by atomic mass is 9.98. The minimum Gasteiger partial charge on any atom is -0.372 e. The molecule has 2 nitrogen and oxygen atoms in total. The first kappa shape index (κ1) is 11.5. The number of hydrogen-bond donors (Lipinski definition) is 1. The van der Waals surface area contributed by atoms with Gasteiger partial charge in [0.25, 0.3) is 0 Å². The summed E-state index contributed by atoms with van der Waals surface area (Å²) in [4.78, 5) is 2.44. The Labute approximate surface area is 98.4 Å². The van der Waals surface area contributed by atoms with Crippen LogP contribution in [0.3, 0.4) is 0 Å². The van der Waals surface area contributed by atoms with Crippen LogP contribution in [-0.2, 0) is 6.42 Å². The van der Waals surface area contributed by atoms with Crippen molar-refractivity contribution in [1.82, 2.24) is 0 Å². The first-order valence-corrected chi connectivity index (χ1v) is 6.38. The average Bonchev–Trinajstić information content (AvgIpc) is 2.74. The van der Waals surface area contributed by atoms with Crippen LogP contribution < -0.4 is 10.6 Å². The lowest BCUT2D eigenvalue weighted by molar-refractivity contribution is 0.684. The first-order chi connectivity index (χ1) is 7.81. The third kappa shape index (κ3) is 1.82. The molecule has 2 heteroatoms. The molecule has 0 fully saturated rings. The Morgan fingerprint density at radius 1 is 1.31 bits per heavy atom. The Morgan fingerprint density at radius 3 is 2.69 bits per heavy atom.